The highest BCUT2D eigenvalue weighted by Gasteiger charge is 2.14. The molecule has 0 fully saturated rings. The van der Waals surface area contributed by atoms with Gasteiger partial charge in [-0.05, 0) is 13.0 Å². The summed E-state index contributed by atoms with van der Waals surface area (Å²) < 4.78 is 1.37. The van der Waals surface area contributed by atoms with Gasteiger partial charge in [-0.15, -0.1) is 0 Å². The number of anilines is 1. The number of pyridine rings is 1. The number of carbonyl (C=O) groups is 1. The Bertz CT molecular complexity index is 961. The van der Waals surface area contributed by atoms with Gasteiger partial charge in [-0.1, -0.05) is 18.2 Å². The Morgan fingerprint density at radius 1 is 1.23 bits per heavy atom. The quantitative estimate of drug-likeness (QED) is 0.549. The highest BCUT2D eigenvalue weighted by molar-refractivity contribution is 6.04. The molecule has 22 heavy (non-hydrogen) atoms. The number of hydrazine groups is 1. The van der Waals surface area contributed by atoms with Crippen LogP contribution in [0, 0.1) is 6.92 Å². The molecule has 0 saturated heterocycles. The molecule has 3 rings (SSSR count). The molecule has 2 heterocycles. The molecule has 0 unspecified atom stereocenters. The number of rotatable bonds is 2. The number of para-hydroxylation sites is 1. The summed E-state index contributed by atoms with van der Waals surface area (Å²) in [5.41, 5.74) is 6.82. The molecule has 0 saturated carbocycles. The van der Waals surface area contributed by atoms with E-state index in [2.05, 4.69) is 20.8 Å². The van der Waals surface area contributed by atoms with E-state index in [1.54, 1.807) is 7.05 Å². The van der Waals surface area contributed by atoms with Gasteiger partial charge >= 0.3 is 0 Å². The predicted octanol–water partition coefficient (Wildman–Crippen LogP) is 1.25. The lowest BCUT2D eigenvalue weighted by molar-refractivity contribution is -0.118. The third kappa shape index (κ3) is 2.16. The van der Waals surface area contributed by atoms with Crippen LogP contribution >= 0.6 is 0 Å². The number of hydrogen-bond donors (Lipinski definition) is 2. The van der Waals surface area contributed by atoms with Crippen molar-refractivity contribution in [1.29, 1.82) is 0 Å². The fourth-order valence-electron chi connectivity index (χ4n) is 2.38. The van der Waals surface area contributed by atoms with Crippen molar-refractivity contribution in [3.05, 3.63) is 40.3 Å². The van der Waals surface area contributed by atoms with Gasteiger partial charge in [0.25, 0.3) is 5.56 Å². The third-order valence-corrected chi connectivity index (χ3v) is 3.45. The highest BCUT2D eigenvalue weighted by Crippen LogP contribution is 2.22. The minimum Gasteiger partial charge on any atom is -0.280 e. The Morgan fingerprint density at radius 2 is 1.95 bits per heavy atom. The molecule has 2 aromatic heterocycles. The zero-order valence-corrected chi connectivity index (χ0v) is 12.5. The van der Waals surface area contributed by atoms with E-state index in [4.69, 9.17) is 0 Å². The molecule has 0 atom stereocenters. The first-order chi connectivity index (χ1) is 10.5. The molecule has 2 N–H and O–H groups in total. The molecule has 0 radical (unpaired) electrons. The maximum absolute atomic E-state index is 12.7. The van der Waals surface area contributed by atoms with Crippen molar-refractivity contribution in [1.82, 2.24) is 20.0 Å². The molecule has 0 aliphatic carbocycles. The van der Waals surface area contributed by atoms with Crippen LogP contribution in [-0.2, 0) is 11.8 Å². The first kappa shape index (κ1) is 14.0. The van der Waals surface area contributed by atoms with E-state index in [1.807, 2.05) is 31.2 Å². The van der Waals surface area contributed by atoms with Crippen molar-refractivity contribution < 1.29 is 4.79 Å². The minimum absolute atomic E-state index is 0.195. The number of aryl methyl sites for hydroxylation is 1. The van der Waals surface area contributed by atoms with Gasteiger partial charge in [0, 0.05) is 19.4 Å². The largest absolute Gasteiger partial charge is 0.280 e. The van der Waals surface area contributed by atoms with Gasteiger partial charge in [-0.2, -0.15) is 0 Å². The molecule has 0 spiro atoms. The van der Waals surface area contributed by atoms with Crippen molar-refractivity contribution in [3.8, 4) is 0 Å². The number of nitrogens with zero attached hydrogens (tertiary/aromatic N) is 3. The second-order valence-corrected chi connectivity index (χ2v) is 5.04. The van der Waals surface area contributed by atoms with Crippen molar-refractivity contribution in [3.63, 3.8) is 0 Å². The molecule has 0 aliphatic rings. The second-order valence-electron chi connectivity index (χ2n) is 5.04. The van der Waals surface area contributed by atoms with Crippen LogP contribution in [0.2, 0.25) is 0 Å². The Balaban J connectivity index is 2.36. The van der Waals surface area contributed by atoms with Crippen LogP contribution in [0.15, 0.2) is 29.1 Å². The molecule has 7 heteroatoms. The number of nitrogens with one attached hydrogen (secondary N) is 2. The van der Waals surface area contributed by atoms with Crippen molar-refractivity contribution in [2.24, 2.45) is 7.05 Å². The maximum atomic E-state index is 12.7. The zero-order chi connectivity index (χ0) is 15.9. The second kappa shape index (κ2) is 5.10. The van der Waals surface area contributed by atoms with Gasteiger partial charge in [0.05, 0.1) is 16.6 Å². The summed E-state index contributed by atoms with van der Waals surface area (Å²) >= 11 is 0. The van der Waals surface area contributed by atoms with Gasteiger partial charge < -0.3 is 0 Å². The normalized spacial score (nSPS) is 10.9. The van der Waals surface area contributed by atoms with Crippen molar-refractivity contribution in [2.75, 3.05) is 5.43 Å². The van der Waals surface area contributed by atoms with E-state index >= 15 is 0 Å². The summed E-state index contributed by atoms with van der Waals surface area (Å²) in [6, 6.07) is 7.46. The number of aromatic nitrogens is 3. The van der Waals surface area contributed by atoms with E-state index in [1.165, 1.54) is 11.5 Å². The molecule has 0 aliphatic heterocycles. The first-order valence-electron chi connectivity index (χ1n) is 6.77. The number of hydrogen-bond acceptors (Lipinski definition) is 5. The van der Waals surface area contributed by atoms with Gasteiger partial charge in [0.15, 0.2) is 0 Å². The highest BCUT2D eigenvalue weighted by atomic mass is 16.2. The van der Waals surface area contributed by atoms with Gasteiger partial charge in [0.1, 0.15) is 5.52 Å². The summed E-state index contributed by atoms with van der Waals surface area (Å²) in [5.74, 6) is -0.0180. The Kier molecular flexibility index (Phi) is 3.25. The first-order valence-corrected chi connectivity index (χ1v) is 6.77. The van der Waals surface area contributed by atoms with Crippen LogP contribution in [0.25, 0.3) is 21.8 Å². The fourth-order valence-corrected chi connectivity index (χ4v) is 2.38. The molecule has 1 aromatic carbocycles. The predicted molar refractivity (Wildman–Crippen MR) is 84.5 cm³/mol. The van der Waals surface area contributed by atoms with Gasteiger partial charge in [-0.3, -0.25) is 30.0 Å². The molecule has 1 amide bonds. The van der Waals surface area contributed by atoms with Crippen LogP contribution in [0.5, 0.6) is 0 Å². The smallest absolute Gasteiger partial charge is 0.263 e. The van der Waals surface area contributed by atoms with Crippen LogP contribution in [0.3, 0.4) is 0 Å². The summed E-state index contributed by atoms with van der Waals surface area (Å²) in [5, 5.41) is 1.29. The van der Waals surface area contributed by atoms with E-state index in [0.29, 0.717) is 16.6 Å². The van der Waals surface area contributed by atoms with Crippen molar-refractivity contribution in [2.45, 2.75) is 13.8 Å². The fraction of sp³-hybridized carbons (Fsp3) is 0.200. The van der Waals surface area contributed by atoms with E-state index in [-0.39, 0.29) is 17.4 Å². The Morgan fingerprint density at radius 3 is 2.68 bits per heavy atom. The molecule has 0 bridgehead atoms. The lowest BCUT2D eigenvalue weighted by atomic mass is 10.1. The van der Waals surface area contributed by atoms with E-state index in [9.17, 15) is 9.59 Å². The summed E-state index contributed by atoms with van der Waals surface area (Å²) in [7, 11) is 1.60. The SMILES string of the molecule is CC(=O)NNc1nc2c(C)nc3ccccc3c2c(=O)n1C. The van der Waals surface area contributed by atoms with Crippen LogP contribution < -0.4 is 16.4 Å². The van der Waals surface area contributed by atoms with Crippen LogP contribution in [0.1, 0.15) is 12.6 Å². The molecule has 7 nitrogen and oxygen atoms in total. The average Bonchev–Trinajstić information content (AvgIpc) is 2.49. The Labute approximate surface area is 126 Å². The van der Waals surface area contributed by atoms with Gasteiger partial charge in [0.2, 0.25) is 11.9 Å². The number of fused-ring (bicyclic) bond motifs is 3. The van der Waals surface area contributed by atoms with E-state index in [0.717, 1.165) is 10.9 Å². The minimum atomic E-state index is -0.275. The third-order valence-electron chi connectivity index (χ3n) is 3.45. The van der Waals surface area contributed by atoms with Gasteiger partial charge in [-0.25, -0.2) is 4.98 Å². The van der Waals surface area contributed by atoms with Crippen molar-refractivity contribution >= 4 is 33.7 Å². The topological polar surface area (TPSA) is 88.9 Å². The lowest BCUT2D eigenvalue weighted by Crippen LogP contribution is -2.32. The number of carbonyl (C=O) groups excluding carboxylic acids is 1. The molecule has 3 aromatic rings. The maximum Gasteiger partial charge on any atom is 0.263 e. The standard InChI is InChI=1S/C15H15N5O2/c1-8-13-12(10-6-4-5-7-11(10)16-8)14(22)20(3)15(17-13)19-18-9(2)21/h4-7H,1-3H3,(H,17,19)(H,18,21). The molecular weight excluding hydrogens is 282 g/mol. The summed E-state index contributed by atoms with van der Waals surface area (Å²) in [4.78, 5) is 32.6. The number of amides is 1. The lowest BCUT2D eigenvalue weighted by Gasteiger charge is -2.13. The number of benzene rings is 1. The van der Waals surface area contributed by atoms with Crippen LogP contribution in [-0.4, -0.2) is 20.4 Å². The van der Waals surface area contributed by atoms with E-state index < -0.39 is 0 Å². The monoisotopic (exact) mass is 297 g/mol. The average molecular weight is 297 g/mol. The Hall–Kier alpha value is -2.96. The summed E-state index contributed by atoms with van der Waals surface area (Å²) in [6.07, 6.45) is 0. The van der Waals surface area contributed by atoms with Crippen LogP contribution in [0.4, 0.5) is 5.95 Å². The zero-order valence-electron chi connectivity index (χ0n) is 12.5. The molecule has 112 valence electrons. The molecular formula is C15H15N5O2. The summed E-state index contributed by atoms with van der Waals surface area (Å²) in [6.45, 7) is 3.18.